The first kappa shape index (κ1) is 16.5. The molecule has 0 N–H and O–H groups in total. The SMILES string of the molecule is O=C(Cl)CCCN1C(=O)S/C(=C\C=C\c2ccccc2)C1=O. The van der Waals surface area contributed by atoms with E-state index < -0.39 is 5.24 Å². The monoisotopic (exact) mass is 335 g/mol. The summed E-state index contributed by atoms with van der Waals surface area (Å²) in [6, 6.07) is 9.66. The zero-order chi connectivity index (χ0) is 15.9. The van der Waals surface area contributed by atoms with E-state index in [-0.39, 0.29) is 24.1 Å². The zero-order valence-electron chi connectivity index (χ0n) is 11.7. The second kappa shape index (κ2) is 7.96. The molecule has 0 bridgehead atoms. The van der Waals surface area contributed by atoms with Crippen molar-refractivity contribution in [2.24, 2.45) is 0 Å². The summed E-state index contributed by atoms with van der Waals surface area (Å²) < 4.78 is 0. The lowest BCUT2D eigenvalue weighted by atomic mass is 10.2. The van der Waals surface area contributed by atoms with E-state index in [2.05, 4.69) is 0 Å². The van der Waals surface area contributed by atoms with Crippen molar-refractivity contribution in [1.82, 2.24) is 4.90 Å². The Bertz CT molecular complexity index is 640. The minimum atomic E-state index is -0.465. The van der Waals surface area contributed by atoms with Crippen LogP contribution < -0.4 is 0 Å². The third-order valence-electron chi connectivity index (χ3n) is 2.96. The molecule has 114 valence electrons. The average Bonchev–Trinajstić information content (AvgIpc) is 2.76. The van der Waals surface area contributed by atoms with Crippen molar-refractivity contribution in [2.75, 3.05) is 6.54 Å². The summed E-state index contributed by atoms with van der Waals surface area (Å²) in [6.07, 6.45) is 5.77. The molecule has 1 saturated heterocycles. The molecule has 1 aromatic rings. The number of imide groups is 1. The standard InChI is InChI=1S/C16H14ClNO3S/c17-14(19)10-5-11-18-15(20)13(22-16(18)21)9-4-8-12-6-2-1-3-7-12/h1-4,6-9H,5,10-11H2/b8-4+,13-9-. The van der Waals surface area contributed by atoms with Gasteiger partial charge in [0.1, 0.15) is 0 Å². The predicted octanol–water partition coefficient (Wildman–Crippen LogP) is 3.82. The van der Waals surface area contributed by atoms with Crippen molar-refractivity contribution in [3.05, 3.63) is 53.0 Å². The maximum Gasteiger partial charge on any atom is 0.293 e. The van der Waals surface area contributed by atoms with Gasteiger partial charge in [-0.2, -0.15) is 0 Å². The van der Waals surface area contributed by atoms with Crippen LogP contribution in [-0.4, -0.2) is 27.8 Å². The fourth-order valence-corrected chi connectivity index (χ4v) is 2.84. The van der Waals surface area contributed by atoms with Crippen molar-refractivity contribution >= 4 is 45.8 Å². The van der Waals surface area contributed by atoms with Gasteiger partial charge in [0.15, 0.2) is 0 Å². The molecule has 2 amide bonds. The van der Waals surface area contributed by atoms with E-state index in [0.29, 0.717) is 11.3 Å². The molecule has 1 fully saturated rings. The number of halogens is 1. The summed E-state index contributed by atoms with van der Waals surface area (Å²) >= 11 is 6.14. The van der Waals surface area contributed by atoms with Gasteiger partial charge >= 0.3 is 0 Å². The summed E-state index contributed by atoms with van der Waals surface area (Å²) in [5.74, 6) is -0.324. The molecule has 1 aromatic carbocycles. The Balaban J connectivity index is 1.97. The Hall–Kier alpha value is -1.85. The molecule has 0 aliphatic carbocycles. The molecule has 0 spiro atoms. The molecule has 1 aliphatic rings. The fourth-order valence-electron chi connectivity index (χ4n) is 1.89. The van der Waals surface area contributed by atoms with Gasteiger partial charge in [0, 0.05) is 13.0 Å². The lowest BCUT2D eigenvalue weighted by Gasteiger charge is -2.10. The lowest BCUT2D eigenvalue weighted by Crippen LogP contribution is -2.29. The maximum atomic E-state index is 12.1. The van der Waals surface area contributed by atoms with Crippen LogP contribution in [0.5, 0.6) is 0 Å². The van der Waals surface area contributed by atoms with Crippen LogP contribution in [0.2, 0.25) is 0 Å². The smallest absolute Gasteiger partial charge is 0.281 e. The highest BCUT2D eigenvalue weighted by molar-refractivity contribution is 8.18. The minimum absolute atomic E-state index is 0.149. The van der Waals surface area contributed by atoms with Crippen LogP contribution in [-0.2, 0) is 9.59 Å². The largest absolute Gasteiger partial charge is 0.293 e. The van der Waals surface area contributed by atoms with Gasteiger partial charge in [-0.3, -0.25) is 19.3 Å². The zero-order valence-corrected chi connectivity index (χ0v) is 13.3. The molecule has 0 atom stereocenters. The molecule has 0 radical (unpaired) electrons. The van der Waals surface area contributed by atoms with Crippen molar-refractivity contribution in [2.45, 2.75) is 12.8 Å². The second-order valence-electron chi connectivity index (χ2n) is 4.58. The number of thioether (sulfide) groups is 1. The van der Waals surface area contributed by atoms with Gasteiger partial charge in [0.2, 0.25) is 5.24 Å². The van der Waals surface area contributed by atoms with Gasteiger partial charge in [-0.05, 0) is 41.4 Å². The topological polar surface area (TPSA) is 54.5 Å². The van der Waals surface area contributed by atoms with Crippen LogP contribution in [0.3, 0.4) is 0 Å². The number of benzene rings is 1. The number of allylic oxidation sites excluding steroid dienone is 2. The van der Waals surface area contributed by atoms with Gasteiger partial charge in [-0.1, -0.05) is 42.5 Å². The molecule has 22 heavy (non-hydrogen) atoms. The average molecular weight is 336 g/mol. The summed E-state index contributed by atoms with van der Waals surface area (Å²) in [5.41, 5.74) is 1.01. The molecule has 4 nitrogen and oxygen atoms in total. The highest BCUT2D eigenvalue weighted by Gasteiger charge is 2.34. The Morgan fingerprint density at radius 3 is 2.64 bits per heavy atom. The maximum absolute atomic E-state index is 12.1. The number of rotatable bonds is 6. The van der Waals surface area contributed by atoms with Crippen LogP contribution in [0, 0.1) is 0 Å². The van der Waals surface area contributed by atoms with Crippen LogP contribution in [0.15, 0.2) is 47.4 Å². The summed E-state index contributed by atoms with van der Waals surface area (Å²) in [6.45, 7) is 0.211. The molecule has 1 aliphatic heterocycles. The quantitative estimate of drug-likeness (QED) is 0.585. The highest BCUT2D eigenvalue weighted by atomic mass is 35.5. The molecular weight excluding hydrogens is 322 g/mol. The first-order valence-electron chi connectivity index (χ1n) is 6.73. The van der Waals surface area contributed by atoms with E-state index in [4.69, 9.17) is 11.6 Å². The molecule has 2 rings (SSSR count). The summed E-state index contributed by atoms with van der Waals surface area (Å²) in [4.78, 5) is 36.1. The van der Waals surface area contributed by atoms with Crippen molar-refractivity contribution < 1.29 is 14.4 Å². The van der Waals surface area contributed by atoms with E-state index >= 15 is 0 Å². The van der Waals surface area contributed by atoms with Gasteiger partial charge in [-0.25, -0.2) is 0 Å². The van der Waals surface area contributed by atoms with E-state index in [0.717, 1.165) is 22.2 Å². The van der Waals surface area contributed by atoms with Crippen LogP contribution >= 0.6 is 23.4 Å². The minimum Gasteiger partial charge on any atom is -0.281 e. The molecule has 6 heteroatoms. The Labute approximate surface area is 137 Å². The first-order chi connectivity index (χ1) is 10.6. The van der Waals surface area contributed by atoms with Crippen LogP contribution in [0.4, 0.5) is 4.79 Å². The normalized spacial score (nSPS) is 17.0. The van der Waals surface area contributed by atoms with Gasteiger partial charge in [-0.15, -0.1) is 0 Å². The van der Waals surface area contributed by atoms with E-state index in [9.17, 15) is 14.4 Å². The summed E-state index contributed by atoms with van der Waals surface area (Å²) in [7, 11) is 0. The number of hydrogen-bond donors (Lipinski definition) is 0. The molecule has 0 aromatic heterocycles. The van der Waals surface area contributed by atoms with E-state index in [1.807, 2.05) is 36.4 Å². The Morgan fingerprint density at radius 1 is 1.23 bits per heavy atom. The van der Waals surface area contributed by atoms with Gasteiger partial charge in [0.25, 0.3) is 11.1 Å². The van der Waals surface area contributed by atoms with Crippen LogP contribution in [0.25, 0.3) is 6.08 Å². The second-order valence-corrected chi connectivity index (χ2v) is 6.00. The molecule has 1 heterocycles. The lowest BCUT2D eigenvalue weighted by molar-refractivity contribution is -0.123. The Morgan fingerprint density at radius 2 is 1.95 bits per heavy atom. The van der Waals surface area contributed by atoms with Crippen molar-refractivity contribution in [1.29, 1.82) is 0 Å². The van der Waals surface area contributed by atoms with Gasteiger partial charge in [0.05, 0.1) is 4.91 Å². The highest BCUT2D eigenvalue weighted by Crippen LogP contribution is 2.30. The fraction of sp³-hybridized carbons (Fsp3) is 0.188. The molecule has 0 saturated carbocycles. The number of hydrogen-bond acceptors (Lipinski definition) is 4. The van der Waals surface area contributed by atoms with Crippen LogP contribution in [0.1, 0.15) is 18.4 Å². The predicted molar refractivity (Wildman–Crippen MR) is 88.4 cm³/mol. The molecular formula is C16H14ClNO3S. The number of nitrogens with zero attached hydrogens (tertiary/aromatic N) is 1. The molecule has 0 unspecified atom stereocenters. The first-order valence-corrected chi connectivity index (χ1v) is 7.93. The number of carbonyl (C=O) groups is 3. The van der Waals surface area contributed by atoms with E-state index in [1.165, 1.54) is 0 Å². The van der Waals surface area contributed by atoms with E-state index in [1.54, 1.807) is 12.2 Å². The van der Waals surface area contributed by atoms with Gasteiger partial charge < -0.3 is 0 Å². The van der Waals surface area contributed by atoms with Crippen molar-refractivity contribution in [3.63, 3.8) is 0 Å². The third-order valence-corrected chi connectivity index (χ3v) is 4.08. The number of amides is 2. The summed E-state index contributed by atoms with van der Waals surface area (Å²) in [5, 5.41) is -0.778. The third kappa shape index (κ3) is 4.58. The number of carbonyl (C=O) groups excluding carboxylic acids is 3. The van der Waals surface area contributed by atoms with Crippen molar-refractivity contribution in [3.8, 4) is 0 Å². The Kier molecular flexibility index (Phi) is 5.98.